The molecule has 1 nitrogen and oxygen atoms in total. The van der Waals surface area contributed by atoms with E-state index in [-0.39, 0.29) is 0 Å². The second-order valence-electron chi connectivity index (χ2n) is 1.50. The number of methoxy groups -OCH3 is 1. The highest BCUT2D eigenvalue weighted by atomic mass is 16.5. The van der Waals surface area contributed by atoms with E-state index >= 15 is 0 Å². The van der Waals surface area contributed by atoms with Crippen molar-refractivity contribution < 1.29 is 4.74 Å². The molecule has 0 aliphatic carbocycles. The van der Waals surface area contributed by atoms with E-state index in [1.807, 2.05) is 25.2 Å². The third-order valence-electron chi connectivity index (χ3n) is 0.890. The van der Waals surface area contributed by atoms with Crippen LogP contribution in [0.1, 0.15) is 6.92 Å². The monoisotopic (exact) mass is 124 g/mol. The van der Waals surface area contributed by atoms with Crippen LogP contribution in [0.4, 0.5) is 0 Å². The van der Waals surface area contributed by atoms with Gasteiger partial charge < -0.3 is 4.74 Å². The first-order valence-corrected chi connectivity index (χ1v) is 2.84. The van der Waals surface area contributed by atoms with Crippen LogP contribution in [0.25, 0.3) is 0 Å². The largest absolute Gasteiger partial charge is 0.497 e. The van der Waals surface area contributed by atoms with Gasteiger partial charge in [-0.2, -0.15) is 0 Å². The van der Waals surface area contributed by atoms with Crippen molar-refractivity contribution in [2.75, 3.05) is 7.11 Å². The van der Waals surface area contributed by atoms with Crippen LogP contribution in [0.2, 0.25) is 0 Å². The van der Waals surface area contributed by atoms with E-state index < -0.39 is 0 Å². The summed E-state index contributed by atoms with van der Waals surface area (Å²) in [5, 5.41) is 0. The van der Waals surface area contributed by atoms with Gasteiger partial charge in [-0.05, 0) is 19.1 Å². The summed E-state index contributed by atoms with van der Waals surface area (Å²) in [5.41, 5.74) is 0. The number of hydrogen-bond donors (Lipinski definition) is 0. The van der Waals surface area contributed by atoms with Crippen molar-refractivity contribution in [1.29, 1.82) is 0 Å². The molecular formula is C8H12O. The lowest BCUT2D eigenvalue weighted by Gasteiger charge is -1.94. The van der Waals surface area contributed by atoms with Crippen molar-refractivity contribution in [3.8, 4) is 0 Å². The highest BCUT2D eigenvalue weighted by Crippen LogP contribution is 1.94. The summed E-state index contributed by atoms with van der Waals surface area (Å²) < 4.78 is 4.89. The number of rotatable bonds is 3. The van der Waals surface area contributed by atoms with Gasteiger partial charge in [0.1, 0.15) is 5.76 Å². The molecule has 0 radical (unpaired) electrons. The Kier molecular flexibility index (Phi) is 4.60. The highest BCUT2D eigenvalue weighted by molar-refractivity contribution is 5.15. The van der Waals surface area contributed by atoms with Gasteiger partial charge in [0.2, 0.25) is 0 Å². The first-order chi connectivity index (χ1) is 4.35. The SMILES string of the molecule is C=C/C(=C\C=C\C)OC. The van der Waals surface area contributed by atoms with Gasteiger partial charge in [-0.15, -0.1) is 0 Å². The molecule has 1 heteroatoms. The maximum absolute atomic E-state index is 4.89. The molecule has 0 heterocycles. The molecule has 0 spiro atoms. The predicted octanol–water partition coefficient (Wildman–Crippen LogP) is 2.28. The number of allylic oxidation sites excluding steroid dienone is 4. The van der Waals surface area contributed by atoms with Crippen LogP contribution in [-0.2, 0) is 4.74 Å². The Bertz CT molecular complexity index is 132. The van der Waals surface area contributed by atoms with Crippen molar-refractivity contribution >= 4 is 0 Å². The minimum atomic E-state index is 0.785. The van der Waals surface area contributed by atoms with Crippen molar-refractivity contribution in [1.82, 2.24) is 0 Å². The Morgan fingerprint density at radius 3 is 2.56 bits per heavy atom. The fourth-order valence-electron chi connectivity index (χ4n) is 0.410. The Balaban J connectivity index is 3.90. The molecule has 0 rings (SSSR count). The maximum Gasteiger partial charge on any atom is 0.118 e. The van der Waals surface area contributed by atoms with E-state index in [9.17, 15) is 0 Å². The third-order valence-corrected chi connectivity index (χ3v) is 0.890. The molecule has 0 bridgehead atoms. The Labute approximate surface area is 56.3 Å². The zero-order chi connectivity index (χ0) is 7.11. The fraction of sp³-hybridized carbons (Fsp3) is 0.250. The molecule has 0 aromatic rings. The van der Waals surface area contributed by atoms with Crippen LogP contribution in [0.3, 0.4) is 0 Å². The minimum Gasteiger partial charge on any atom is -0.497 e. The predicted molar refractivity (Wildman–Crippen MR) is 40.1 cm³/mol. The summed E-state index contributed by atoms with van der Waals surface area (Å²) in [6, 6.07) is 0. The quantitative estimate of drug-likeness (QED) is 0.414. The van der Waals surface area contributed by atoms with Gasteiger partial charge in [0.15, 0.2) is 0 Å². The van der Waals surface area contributed by atoms with Crippen LogP contribution < -0.4 is 0 Å². The minimum absolute atomic E-state index is 0.785. The zero-order valence-corrected chi connectivity index (χ0v) is 5.92. The van der Waals surface area contributed by atoms with Gasteiger partial charge in [0.25, 0.3) is 0 Å². The van der Waals surface area contributed by atoms with E-state index in [2.05, 4.69) is 6.58 Å². The maximum atomic E-state index is 4.89. The third kappa shape index (κ3) is 3.59. The molecule has 0 saturated heterocycles. The first-order valence-electron chi connectivity index (χ1n) is 2.84. The van der Waals surface area contributed by atoms with Gasteiger partial charge in [0.05, 0.1) is 7.11 Å². The van der Waals surface area contributed by atoms with E-state index in [1.54, 1.807) is 13.2 Å². The average molecular weight is 124 g/mol. The summed E-state index contributed by atoms with van der Waals surface area (Å²) in [4.78, 5) is 0. The fourth-order valence-corrected chi connectivity index (χ4v) is 0.410. The number of hydrogen-bond acceptors (Lipinski definition) is 1. The molecule has 0 amide bonds. The van der Waals surface area contributed by atoms with E-state index in [0.29, 0.717) is 0 Å². The van der Waals surface area contributed by atoms with Crippen molar-refractivity contribution in [3.63, 3.8) is 0 Å². The van der Waals surface area contributed by atoms with Crippen LogP contribution in [0, 0.1) is 0 Å². The van der Waals surface area contributed by atoms with Crippen molar-refractivity contribution in [2.45, 2.75) is 6.92 Å². The van der Waals surface area contributed by atoms with Gasteiger partial charge >= 0.3 is 0 Å². The molecule has 0 fully saturated rings. The second-order valence-corrected chi connectivity index (χ2v) is 1.50. The van der Waals surface area contributed by atoms with E-state index in [0.717, 1.165) is 5.76 Å². The first kappa shape index (κ1) is 8.02. The Hall–Kier alpha value is -0.980. The molecule has 0 atom stereocenters. The summed E-state index contributed by atoms with van der Waals surface area (Å²) in [6.07, 6.45) is 7.36. The molecular weight excluding hydrogens is 112 g/mol. The normalized spacial score (nSPS) is 12.0. The van der Waals surface area contributed by atoms with Crippen LogP contribution in [-0.4, -0.2) is 7.11 Å². The highest BCUT2D eigenvalue weighted by Gasteiger charge is 1.79. The zero-order valence-electron chi connectivity index (χ0n) is 5.92. The van der Waals surface area contributed by atoms with Gasteiger partial charge in [-0.3, -0.25) is 0 Å². The van der Waals surface area contributed by atoms with Gasteiger partial charge in [-0.1, -0.05) is 18.7 Å². The van der Waals surface area contributed by atoms with Gasteiger partial charge in [-0.25, -0.2) is 0 Å². The van der Waals surface area contributed by atoms with Crippen molar-refractivity contribution in [2.24, 2.45) is 0 Å². The number of ether oxygens (including phenoxy) is 1. The molecule has 0 aliphatic heterocycles. The molecule has 0 N–H and O–H groups in total. The van der Waals surface area contributed by atoms with Gasteiger partial charge in [0, 0.05) is 0 Å². The molecule has 0 aromatic carbocycles. The smallest absolute Gasteiger partial charge is 0.118 e. The van der Waals surface area contributed by atoms with Crippen molar-refractivity contribution in [3.05, 3.63) is 36.6 Å². The molecule has 0 aliphatic rings. The lowest BCUT2D eigenvalue weighted by Crippen LogP contribution is -1.77. The van der Waals surface area contributed by atoms with E-state index in [1.165, 1.54) is 0 Å². The average Bonchev–Trinajstić information content (AvgIpc) is 1.91. The summed E-state index contributed by atoms with van der Waals surface area (Å²) in [7, 11) is 1.62. The second kappa shape index (κ2) is 5.16. The van der Waals surface area contributed by atoms with Crippen LogP contribution in [0.15, 0.2) is 36.6 Å². The van der Waals surface area contributed by atoms with E-state index in [4.69, 9.17) is 4.74 Å². The summed E-state index contributed by atoms with van der Waals surface area (Å²) >= 11 is 0. The molecule has 0 saturated carbocycles. The molecule has 0 unspecified atom stereocenters. The lowest BCUT2D eigenvalue weighted by molar-refractivity contribution is 0.307. The topological polar surface area (TPSA) is 9.23 Å². The summed E-state index contributed by atoms with van der Waals surface area (Å²) in [5.74, 6) is 0.785. The Morgan fingerprint density at radius 2 is 2.22 bits per heavy atom. The lowest BCUT2D eigenvalue weighted by atomic mass is 10.4. The standard InChI is InChI=1S/C8H12O/c1-4-6-7-8(5-2)9-3/h4-7H,2H2,1,3H3/b6-4+,8-7+. The summed E-state index contributed by atoms with van der Waals surface area (Å²) in [6.45, 7) is 5.51. The molecule has 50 valence electrons. The molecule has 9 heavy (non-hydrogen) atoms. The van der Waals surface area contributed by atoms with Crippen LogP contribution >= 0.6 is 0 Å². The van der Waals surface area contributed by atoms with Crippen LogP contribution in [0.5, 0.6) is 0 Å². The Morgan fingerprint density at radius 1 is 1.56 bits per heavy atom. The molecule has 0 aromatic heterocycles.